The Bertz CT molecular complexity index is 331. The van der Waals surface area contributed by atoms with Crippen molar-refractivity contribution in [3.63, 3.8) is 0 Å². The second kappa shape index (κ2) is 4.13. The molecule has 1 unspecified atom stereocenters. The molecule has 1 aliphatic heterocycles. The van der Waals surface area contributed by atoms with Crippen LogP contribution >= 0.6 is 11.8 Å². The van der Waals surface area contributed by atoms with Crippen LogP contribution in [-0.2, 0) is 7.05 Å². The van der Waals surface area contributed by atoms with Crippen molar-refractivity contribution in [3.8, 4) is 0 Å². The van der Waals surface area contributed by atoms with Crippen LogP contribution in [0.2, 0.25) is 0 Å². The van der Waals surface area contributed by atoms with Crippen LogP contribution in [-0.4, -0.2) is 31.8 Å². The second-order valence-electron chi connectivity index (χ2n) is 3.44. The maximum Gasteiger partial charge on any atom is 0.197 e. The Morgan fingerprint density at radius 3 is 3.07 bits per heavy atom. The number of carbonyl (C=O) groups is 1. The fourth-order valence-corrected chi connectivity index (χ4v) is 2.83. The van der Waals surface area contributed by atoms with Gasteiger partial charge in [0, 0.05) is 7.05 Å². The summed E-state index contributed by atoms with van der Waals surface area (Å²) in [5, 5.41) is 8.05. The molecule has 14 heavy (non-hydrogen) atoms. The molecule has 1 saturated heterocycles. The first kappa shape index (κ1) is 9.71. The summed E-state index contributed by atoms with van der Waals surface area (Å²) >= 11 is 1.75. The summed E-state index contributed by atoms with van der Waals surface area (Å²) in [6.07, 6.45) is 4.93. The lowest BCUT2D eigenvalue weighted by Crippen LogP contribution is -2.21. The minimum Gasteiger partial charge on any atom is -0.291 e. The Labute approximate surface area is 87.1 Å². The van der Waals surface area contributed by atoms with Gasteiger partial charge in [-0.3, -0.25) is 4.79 Å². The number of nitrogens with zero attached hydrogens (tertiary/aromatic N) is 3. The lowest BCUT2D eigenvalue weighted by Gasteiger charge is -2.18. The molecule has 1 fully saturated rings. The summed E-state index contributed by atoms with van der Waals surface area (Å²) in [5.41, 5.74) is 0.506. The van der Waals surface area contributed by atoms with Gasteiger partial charge >= 0.3 is 0 Å². The van der Waals surface area contributed by atoms with E-state index in [1.807, 2.05) is 0 Å². The van der Waals surface area contributed by atoms with Crippen LogP contribution in [0.15, 0.2) is 6.20 Å². The highest BCUT2D eigenvalue weighted by Crippen LogP contribution is 2.27. The molecule has 0 amide bonds. The van der Waals surface area contributed by atoms with Crippen molar-refractivity contribution >= 4 is 17.5 Å². The Morgan fingerprint density at radius 1 is 1.64 bits per heavy atom. The smallest absolute Gasteiger partial charge is 0.197 e. The third-order valence-corrected chi connectivity index (χ3v) is 3.70. The highest BCUT2D eigenvalue weighted by molar-refractivity contribution is 8.00. The number of carbonyl (C=O) groups excluding carboxylic acids is 1. The predicted molar refractivity (Wildman–Crippen MR) is 55.4 cm³/mol. The van der Waals surface area contributed by atoms with Crippen LogP contribution < -0.4 is 0 Å². The normalized spacial score (nSPS) is 22.2. The minimum absolute atomic E-state index is 0.112. The Kier molecular flexibility index (Phi) is 2.86. The summed E-state index contributed by atoms with van der Waals surface area (Å²) in [5.74, 6) is 1.24. The zero-order valence-electron chi connectivity index (χ0n) is 8.14. The van der Waals surface area contributed by atoms with Crippen LogP contribution in [0.25, 0.3) is 0 Å². The van der Waals surface area contributed by atoms with Crippen LogP contribution in [0.3, 0.4) is 0 Å². The highest BCUT2D eigenvalue weighted by atomic mass is 32.2. The summed E-state index contributed by atoms with van der Waals surface area (Å²) in [7, 11) is 1.73. The number of ketones is 1. The maximum absolute atomic E-state index is 11.9. The van der Waals surface area contributed by atoms with E-state index in [-0.39, 0.29) is 11.0 Å². The molecule has 1 aromatic rings. The van der Waals surface area contributed by atoms with E-state index in [0.29, 0.717) is 5.69 Å². The molecule has 0 aliphatic carbocycles. The van der Waals surface area contributed by atoms with Crippen LogP contribution in [0.1, 0.15) is 29.8 Å². The van der Waals surface area contributed by atoms with E-state index in [2.05, 4.69) is 10.2 Å². The summed E-state index contributed by atoms with van der Waals surface area (Å²) in [6, 6.07) is 0. The van der Waals surface area contributed by atoms with Crippen LogP contribution in [0.4, 0.5) is 0 Å². The van der Waals surface area contributed by atoms with Gasteiger partial charge in [0.25, 0.3) is 0 Å². The number of hydrogen-bond donors (Lipinski definition) is 0. The van der Waals surface area contributed by atoms with Gasteiger partial charge in [0.15, 0.2) is 5.78 Å². The van der Waals surface area contributed by atoms with Gasteiger partial charge in [-0.1, -0.05) is 6.42 Å². The van der Waals surface area contributed by atoms with Crippen molar-refractivity contribution in [2.45, 2.75) is 24.5 Å². The fraction of sp³-hybridized carbons (Fsp3) is 0.667. The van der Waals surface area contributed by atoms with E-state index < -0.39 is 0 Å². The van der Waals surface area contributed by atoms with Crippen molar-refractivity contribution in [1.29, 1.82) is 0 Å². The monoisotopic (exact) mass is 211 g/mol. The molecule has 1 aromatic heterocycles. The Hall–Kier alpha value is -0.840. The molecule has 0 aromatic carbocycles. The van der Waals surface area contributed by atoms with Gasteiger partial charge in [-0.2, -0.15) is 26.8 Å². The number of thioether (sulfide) groups is 1. The SMILES string of the molecule is Cn1ncc(C(=O)C2CCCCS2)n1. The third kappa shape index (κ3) is 1.97. The minimum atomic E-state index is 0.112. The predicted octanol–water partition coefficient (Wildman–Crippen LogP) is 1.28. The Balaban J connectivity index is 2.07. The van der Waals surface area contributed by atoms with E-state index in [1.165, 1.54) is 11.2 Å². The van der Waals surface area contributed by atoms with Gasteiger partial charge in [0.1, 0.15) is 5.69 Å². The van der Waals surface area contributed by atoms with E-state index >= 15 is 0 Å². The van der Waals surface area contributed by atoms with Crippen molar-refractivity contribution < 1.29 is 4.79 Å². The second-order valence-corrected chi connectivity index (χ2v) is 4.75. The molecule has 1 aliphatic rings. The fourth-order valence-electron chi connectivity index (χ4n) is 1.57. The largest absolute Gasteiger partial charge is 0.291 e. The molecule has 2 heterocycles. The zero-order chi connectivity index (χ0) is 9.97. The van der Waals surface area contributed by atoms with Gasteiger partial charge in [-0.05, 0) is 18.6 Å². The summed E-state index contributed by atoms with van der Waals surface area (Å²) in [4.78, 5) is 13.3. The van der Waals surface area contributed by atoms with Gasteiger partial charge < -0.3 is 0 Å². The molecule has 1 atom stereocenters. The van der Waals surface area contributed by atoms with Gasteiger partial charge in [-0.15, -0.1) is 0 Å². The molecular weight excluding hydrogens is 198 g/mol. The van der Waals surface area contributed by atoms with Crippen LogP contribution in [0.5, 0.6) is 0 Å². The molecule has 0 spiro atoms. The van der Waals surface area contributed by atoms with E-state index in [4.69, 9.17) is 0 Å². The quantitative estimate of drug-likeness (QED) is 0.691. The lowest BCUT2D eigenvalue weighted by molar-refractivity contribution is 0.0979. The molecule has 2 rings (SSSR count). The number of hydrogen-bond acceptors (Lipinski definition) is 4. The molecule has 0 bridgehead atoms. The molecule has 5 heteroatoms. The first-order valence-electron chi connectivity index (χ1n) is 4.79. The van der Waals surface area contributed by atoms with E-state index in [1.54, 1.807) is 25.0 Å². The molecule has 76 valence electrons. The van der Waals surface area contributed by atoms with E-state index in [0.717, 1.165) is 18.6 Å². The average molecular weight is 211 g/mol. The number of aryl methyl sites for hydroxylation is 1. The van der Waals surface area contributed by atoms with Crippen molar-refractivity contribution in [3.05, 3.63) is 11.9 Å². The van der Waals surface area contributed by atoms with Crippen molar-refractivity contribution in [2.75, 3.05) is 5.75 Å². The summed E-state index contributed by atoms with van der Waals surface area (Å²) in [6.45, 7) is 0. The van der Waals surface area contributed by atoms with Crippen LogP contribution in [0, 0.1) is 0 Å². The molecule has 0 radical (unpaired) electrons. The lowest BCUT2D eigenvalue weighted by atomic mass is 10.1. The van der Waals surface area contributed by atoms with Gasteiger partial charge in [0.05, 0.1) is 11.4 Å². The van der Waals surface area contributed by atoms with E-state index in [9.17, 15) is 4.79 Å². The molecule has 4 nitrogen and oxygen atoms in total. The number of aromatic nitrogens is 3. The summed E-state index contributed by atoms with van der Waals surface area (Å²) < 4.78 is 0. The Morgan fingerprint density at radius 2 is 2.50 bits per heavy atom. The van der Waals surface area contributed by atoms with Crippen molar-refractivity contribution in [2.24, 2.45) is 7.05 Å². The molecule has 0 saturated carbocycles. The molecule has 0 N–H and O–H groups in total. The standard InChI is InChI=1S/C9H13N3OS/c1-12-10-6-7(11-12)9(13)8-4-2-3-5-14-8/h6,8H,2-5H2,1H3. The zero-order valence-corrected chi connectivity index (χ0v) is 8.96. The number of rotatable bonds is 2. The number of Topliss-reactive ketones (excluding diaryl/α,β-unsaturated/α-hetero) is 1. The topological polar surface area (TPSA) is 47.8 Å². The first-order chi connectivity index (χ1) is 6.77. The van der Waals surface area contributed by atoms with Crippen molar-refractivity contribution in [1.82, 2.24) is 15.0 Å². The molecular formula is C9H13N3OS. The third-order valence-electron chi connectivity index (χ3n) is 2.32. The first-order valence-corrected chi connectivity index (χ1v) is 5.84. The highest BCUT2D eigenvalue weighted by Gasteiger charge is 2.24. The van der Waals surface area contributed by atoms with Gasteiger partial charge in [0.2, 0.25) is 0 Å². The average Bonchev–Trinajstić information content (AvgIpc) is 2.65. The van der Waals surface area contributed by atoms with Gasteiger partial charge in [-0.25, -0.2) is 0 Å². The maximum atomic E-state index is 11.9.